The van der Waals surface area contributed by atoms with Gasteiger partial charge in [-0.1, -0.05) is 13.3 Å². The van der Waals surface area contributed by atoms with Gasteiger partial charge in [0, 0.05) is 6.04 Å². The van der Waals surface area contributed by atoms with Gasteiger partial charge >= 0.3 is 0 Å². The zero-order valence-corrected chi connectivity index (χ0v) is 11.9. The summed E-state index contributed by atoms with van der Waals surface area (Å²) in [7, 11) is 2.30. The number of rotatable bonds is 7. The number of unbranched alkanes of at least 4 members (excludes halogenated alkanes) is 2. The molecule has 0 aliphatic carbocycles. The Morgan fingerprint density at radius 2 is 1.88 bits per heavy atom. The Morgan fingerprint density at radius 1 is 1.19 bits per heavy atom. The lowest BCUT2D eigenvalue weighted by Gasteiger charge is -2.36. The van der Waals surface area contributed by atoms with E-state index in [0.29, 0.717) is 0 Å². The van der Waals surface area contributed by atoms with Crippen LogP contribution in [0.1, 0.15) is 39.0 Å². The summed E-state index contributed by atoms with van der Waals surface area (Å²) in [6.45, 7) is 7.34. The number of hydrogen-bond donors (Lipinski definition) is 1. The molecule has 0 atom stereocenters. The largest absolute Gasteiger partial charge is 0.303 e. The van der Waals surface area contributed by atoms with Crippen LogP contribution in [0, 0.1) is 0 Å². The van der Waals surface area contributed by atoms with Crippen molar-refractivity contribution < 1.29 is 0 Å². The fourth-order valence-corrected chi connectivity index (χ4v) is 2.73. The smallest absolute Gasteiger partial charge is 0.0117 e. The molecule has 1 aliphatic heterocycles. The van der Waals surface area contributed by atoms with Crippen LogP contribution < -0.4 is 0 Å². The normalized spacial score (nSPS) is 19.5. The molecule has 0 bridgehead atoms. The monoisotopic (exact) mass is 244 g/mol. The molecule has 0 aromatic heterocycles. The van der Waals surface area contributed by atoms with Crippen molar-refractivity contribution >= 4 is 12.6 Å². The van der Waals surface area contributed by atoms with Crippen LogP contribution in [0.2, 0.25) is 0 Å². The third-order valence-corrected chi connectivity index (χ3v) is 4.11. The zero-order chi connectivity index (χ0) is 11.8. The molecule has 0 unspecified atom stereocenters. The average molecular weight is 244 g/mol. The highest BCUT2D eigenvalue weighted by Crippen LogP contribution is 2.15. The maximum absolute atomic E-state index is 4.25. The van der Waals surface area contributed by atoms with Crippen molar-refractivity contribution in [2.24, 2.45) is 0 Å². The highest BCUT2D eigenvalue weighted by Gasteiger charge is 2.20. The standard InChI is InChI=1S/C13H28N2S/c1-3-15-10-7-13(8-11-15)14(2)9-5-4-6-12-16/h13,16H,3-12H2,1-2H3. The molecular formula is C13H28N2S. The van der Waals surface area contributed by atoms with Gasteiger partial charge in [-0.25, -0.2) is 0 Å². The lowest BCUT2D eigenvalue weighted by molar-refractivity contribution is 0.130. The SMILES string of the molecule is CCN1CCC(N(C)CCCCCS)CC1. The van der Waals surface area contributed by atoms with Crippen LogP contribution in [0.3, 0.4) is 0 Å². The van der Waals surface area contributed by atoms with Crippen LogP contribution in [-0.2, 0) is 0 Å². The quantitative estimate of drug-likeness (QED) is 0.543. The molecule has 0 radical (unpaired) electrons. The Labute approximate surface area is 107 Å². The fraction of sp³-hybridized carbons (Fsp3) is 1.00. The second-order valence-corrected chi connectivity index (χ2v) is 5.38. The van der Waals surface area contributed by atoms with Gasteiger partial charge in [0.2, 0.25) is 0 Å². The Bertz CT molecular complexity index is 167. The van der Waals surface area contributed by atoms with Crippen molar-refractivity contribution in [3.05, 3.63) is 0 Å². The molecule has 1 heterocycles. The highest BCUT2D eigenvalue weighted by molar-refractivity contribution is 7.80. The first kappa shape index (κ1) is 14.3. The van der Waals surface area contributed by atoms with Gasteiger partial charge in [-0.3, -0.25) is 0 Å². The minimum atomic E-state index is 0.832. The van der Waals surface area contributed by atoms with Gasteiger partial charge in [0.15, 0.2) is 0 Å². The van der Waals surface area contributed by atoms with Gasteiger partial charge in [0.1, 0.15) is 0 Å². The van der Waals surface area contributed by atoms with Crippen LogP contribution in [0.4, 0.5) is 0 Å². The molecule has 0 N–H and O–H groups in total. The molecule has 0 amide bonds. The van der Waals surface area contributed by atoms with E-state index in [4.69, 9.17) is 0 Å². The summed E-state index contributed by atoms with van der Waals surface area (Å²) < 4.78 is 0. The molecule has 0 spiro atoms. The Hall–Kier alpha value is 0.270. The van der Waals surface area contributed by atoms with Crippen LogP contribution in [0.5, 0.6) is 0 Å². The molecule has 1 fully saturated rings. The summed E-state index contributed by atoms with van der Waals surface area (Å²) >= 11 is 4.25. The molecule has 0 saturated carbocycles. The second-order valence-electron chi connectivity index (χ2n) is 4.93. The lowest BCUT2D eigenvalue weighted by atomic mass is 10.0. The van der Waals surface area contributed by atoms with E-state index in [1.54, 1.807) is 0 Å². The summed E-state index contributed by atoms with van der Waals surface area (Å²) in [6.07, 6.45) is 6.66. The maximum atomic E-state index is 4.25. The van der Waals surface area contributed by atoms with Crippen molar-refractivity contribution in [1.82, 2.24) is 9.80 Å². The van der Waals surface area contributed by atoms with E-state index in [9.17, 15) is 0 Å². The summed E-state index contributed by atoms with van der Waals surface area (Å²) in [5.74, 6) is 1.04. The Kier molecular flexibility index (Phi) is 7.50. The van der Waals surface area contributed by atoms with Crippen LogP contribution in [-0.4, -0.2) is 54.8 Å². The van der Waals surface area contributed by atoms with E-state index in [1.165, 1.54) is 58.3 Å². The number of likely N-dealkylation sites (tertiary alicyclic amines) is 1. The predicted octanol–water partition coefficient (Wildman–Crippen LogP) is 2.50. The van der Waals surface area contributed by atoms with Crippen molar-refractivity contribution in [3.63, 3.8) is 0 Å². The van der Waals surface area contributed by atoms with Gasteiger partial charge < -0.3 is 9.80 Å². The molecule has 1 rings (SSSR count). The Morgan fingerprint density at radius 3 is 2.44 bits per heavy atom. The van der Waals surface area contributed by atoms with E-state index in [2.05, 4.69) is 36.4 Å². The van der Waals surface area contributed by atoms with Crippen molar-refractivity contribution in [2.75, 3.05) is 39.0 Å². The van der Waals surface area contributed by atoms with Gasteiger partial charge in [-0.15, -0.1) is 0 Å². The number of thiol groups is 1. The maximum Gasteiger partial charge on any atom is 0.0117 e. The summed E-state index contributed by atoms with van der Waals surface area (Å²) in [5.41, 5.74) is 0. The first-order valence-corrected chi connectivity index (χ1v) is 7.44. The highest BCUT2D eigenvalue weighted by atomic mass is 32.1. The van der Waals surface area contributed by atoms with E-state index in [1.807, 2.05) is 0 Å². The predicted molar refractivity (Wildman–Crippen MR) is 75.5 cm³/mol. The first-order chi connectivity index (χ1) is 7.77. The third-order valence-electron chi connectivity index (χ3n) is 3.80. The van der Waals surface area contributed by atoms with Crippen LogP contribution >= 0.6 is 12.6 Å². The van der Waals surface area contributed by atoms with Gasteiger partial charge in [-0.2, -0.15) is 12.6 Å². The minimum Gasteiger partial charge on any atom is -0.303 e. The molecule has 96 valence electrons. The summed E-state index contributed by atoms with van der Waals surface area (Å²) in [6, 6.07) is 0.832. The zero-order valence-electron chi connectivity index (χ0n) is 11.0. The topological polar surface area (TPSA) is 6.48 Å². The third kappa shape index (κ3) is 5.07. The van der Waals surface area contributed by atoms with Gasteiger partial charge in [0.25, 0.3) is 0 Å². The molecule has 16 heavy (non-hydrogen) atoms. The van der Waals surface area contributed by atoms with Crippen molar-refractivity contribution in [1.29, 1.82) is 0 Å². The van der Waals surface area contributed by atoms with Gasteiger partial charge in [0.05, 0.1) is 0 Å². The molecule has 1 saturated heterocycles. The first-order valence-electron chi connectivity index (χ1n) is 6.81. The molecule has 0 aromatic rings. The average Bonchev–Trinajstić information content (AvgIpc) is 2.34. The lowest BCUT2D eigenvalue weighted by Crippen LogP contribution is -2.43. The summed E-state index contributed by atoms with van der Waals surface area (Å²) in [4.78, 5) is 5.14. The molecule has 1 aliphatic rings. The number of hydrogen-bond acceptors (Lipinski definition) is 3. The number of piperidine rings is 1. The molecule has 3 heteroatoms. The number of nitrogens with zero attached hydrogens (tertiary/aromatic N) is 2. The van der Waals surface area contributed by atoms with E-state index < -0.39 is 0 Å². The second kappa shape index (κ2) is 8.37. The molecule has 2 nitrogen and oxygen atoms in total. The summed E-state index contributed by atoms with van der Waals surface area (Å²) in [5, 5.41) is 0. The molecular weight excluding hydrogens is 216 g/mol. The van der Waals surface area contributed by atoms with Gasteiger partial charge in [-0.05, 0) is 64.7 Å². The van der Waals surface area contributed by atoms with Crippen LogP contribution in [0.25, 0.3) is 0 Å². The van der Waals surface area contributed by atoms with E-state index in [-0.39, 0.29) is 0 Å². The minimum absolute atomic E-state index is 0.832. The van der Waals surface area contributed by atoms with E-state index >= 15 is 0 Å². The van der Waals surface area contributed by atoms with Crippen molar-refractivity contribution in [3.8, 4) is 0 Å². The Balaban J connectivity index is 2.10. The fourth-order valence-electron chi connectivity index (χ4n) is 2.51. The molecule has 0 aromatic carbocycles. The van der Waals surface area contributed by atoms with E-state index in [0.717, 1.165) is 11.8 Å². The van der Waals surface area contributed by atoms with Crippen LogP contribution in [0.15, 0.2) is 0 Å². The van der Waals surface area contributed by atoms with Crippen molar-refractivity contribution in [2.45, 2.75) is 45.1 Å².